The lowest BCUT2D eigenvalue weighted by Gasteiger charge is -2.07. The maximum absolute atomic E-state index is 12.8. The number of hydrogen-bond donors (Lipinski definition) is 1. The largest absolute Gasteiger partial charge is 0.435 e. The molecular formula is C12H16F3N5. The van der Waals surface area contributed by atoms with Crippen LogP contribution in [0.4, 0.5) is 13.2 Å². The van der Waals surface area contributed by atoms with Crippen molar-refractivity contribution in [3.8, 4) is 0 Å². The summed E-state index contributed by atoms with van der Waals surface area (Å²) in [5.74, 6) is 0. The number of nitrogens with zero attached hydrogens (tertiary/aromatic N) is 4. The monoisotopic (exact) mass is 287 g/mol. The summed E-state index contributed by atoms with van der Waals surface area (Å²) in [5, 5.41) is 10.5. The Morgan fingerprint density at radius 3 is 2.40 bits per heavy atom. The number of rotatable bonds is 4. The molecular weight excluding hydrogens is 271 g/mol. The molecule has 2 rings (SSSR count). The third-order valence-electron chi connectivity index (χ3n) is 3.14. The van der Waals surface area contributed by atoms with Gasteiger partial charge in [0, 0.05) is 50.2 Å². The number of aromatic nitrogens is 4. The van der Waals surface area contributed by atoms with E-state index in [1.165, 1.54) is 17.9 Å². The molecule has 2 aromatic heterocycles. The Kier molecular flexibility index (Phi) is 3.85. The molecule has 8 heteroatoms. The average molecular weight is 287 g/mol. The van der Waals surface area contributed by atoms with Gasteiger partial charge in [-0.3, -0.25) is 9.36 Å². The molecule has 0 aromatic carbocycles. The van der Waals surface area contributed by atoms with Gasteiger partial charge in [0.05, 0.1) is 6.20 Å². The van der Waals surface area contributed by atoms with Crippen molar-refractivity contribution in [1.82, 2.24) is 24.9 Å². The fourth-order valence-corrected chi connectivity index (χ4v) is 1.96. The fourth-order valence-electron chi connectivity index (χ4n) is 1.96. The number of halogens is 3. The van der Waals surface area contributed by atoms with Crippen molar-refractivity contribution < 1.29 is 13.2 Å². The molecule has 0 amide bonds. The standard InChI is InChI=1S/C12H16F3N5/c1-8-9(6-17-20(8)3)4-16-5-10-7-19(2)18-11(10)12(13,14)15/h6-7,16H,4-5H2,1-3H3. The van der Waals surface area contributed by atoms with Crippen molar-refractivity contribution in [1.29, 1.82) is 0 Å². The maximum atomic E-state index is 12.8. The molecule has 20 heavy (non-hydrogen) atoms. The minimum Gasteiger partial charge on any atom is -0.308 e. The second kappa shape index (κ2) is 5.28. The fraction of sp³-hybridized carbons (Fsp3) is 0.500. The highest BCUT2D eigenvalue weighted by molar-refractivity contribution is 5.20. The number of hydrogen-bond acceptors (Lipinski definition) is 3. The maximum Gasteiger partial charge on any atom is 0.435 e. The van der Waals surface area contributed by atoms with Crippen LogP contribution in [0.25, 0.3) is 0 Å². The van der Waals surface area contributed by atoms with Crippen molar-refractivity contribution in [2.24, 2.45) is 14.1 Å². The van der Waals surface area contributed by atoms with Crippen molar-refractivity contribution in [3.05, 3.63) is 34.9 Å². The minimum absolute atomic E-state index is 0.108. The highest BCUT2D eigenvalue weighted by Gasteiger charge is 2.36. The van der Waals surface area contributed by atoms with Crippen LogP contribution in [0.5, 0.6) is 0 Å². The molecule has 2 heterocycles. The van der Waals surface area contributed by atoms with Gasteiger partial charge in [-0.05, 0) is 6.92 Å². The van der Waals surface area contributed by atoms with Crippen LogP contribution in [0, 0.1) is 6.92 Å². The van der Waals surface area contributed by atoms with E-state index in [1.807, 2.05) is 14.0 Å². The summed E-state index contributed by atoms with van der Waals surface area (Å²) in [5.41, 5.74) is 1.25. The molecule has 0 unspecified atom stereocenters. The predicted molar refractivity (Wildman–Crippen MR) is 66.7 cm³/mol. The van der Waals surface area contributed by atoms with Crippen LogP contribution in [0.2, 0.25) is 0 Å². The van der Waals surface area contributed by atoms with E-state index in [1.54, 1.807) is 10.9 Å². The van der Waals surface area contributed by atoms with E-state index in [4.69, 9.17) is 0 Å². The quantitative estimate of drug-likeness (QED) is 0.932. The SMILES string of the molecule is Cc1c(CNCc2cn(C)nc2C(F)(F)F)cnn1C. The van der Waals surface area contributed by atoms with Gasteiger partial charge in [-0.1, -0.05) is 0 Å². The second-order valence-corrected chi connectivity index (χ2v) is 4.66. The van der Waals surface area contributed by atoms with Crippen LogP contribution in [-0.2, 0) is 33.4 Å². The van der Waals surface area contributed by atoms with Gasteiger partial charge in [0.1, 0.15) is 0 Å². The Labute approximate surface area is 114 Å². The summed E-state index contributed by atoms with van der Waals surface area (Å²) in [6, 6.07) is 0. The van der Waals surface area contributed by atoms with Gasteiger partial charge in [0.2, 0.25) is 0 Å². The number of aryl methyl sites for hydroxylation is 2. The summed E-state index contributed by atoms with van der Waals surface area (Å²) < 4.78 is 41.2. The summed E-state index contributed by atoms with van der Waals surface area (Å²) >= 11 is 0. The zero-order valence-corrected chi connectivity index (χ0v) is 11.5. The smallest absolute Gasteiger partial charge is 0.308 e. The van der Waals surface area contributed by atoms with E-state index in [9.17, 15) is 13.2 Å². The van der Waals surface area contributed by atoms with Gasteiger partial charge in [-0.2, -0.15) is 23.4 Å². The van der Waals surface area contributed by atoms with Gasteiger partial charge >= 0.3 is 6.18 Å². The zero-order chi connectivity index (χ0) is 14.9. The first-order valence-corrected chi connectivity index (χ1v) is 6.07. The molecule has 0 atom stereocenters. The lowest BCUT2D eigenvalue weighted by atomic mass is 10.2. The van der Waals surface area contributed by atoms with Crippen LogP contribution in [0.15, 0.2) is 12.4 Å². The Morgan fingerprint density at radius 2 is 1.85 bits per heavy atom. The van der Waals surface area contributed by atoms with E-state index in [0.29, 0.717) is 6.54 Å². The summed E-state index contributed by atoms with van der Waals surface area (Å²) in [6.07, 6.45) is -1.34. The topological polar surface area (TPSA) is 47.7 Å². The highest BCUT2D eigenvalue weighted by Crippen LogP contribution is 2.30. The van der Waals surface area contributed by atoms with Gasteiger partial charge < -0.3 is 5.32 Å². The first-order valence-electron chi connectivity index (χ1n) is 6.07. The van der Waals surface area contributed by atoms with E-state index in [-0.39, 0.29) is 12.1 Å². The Bertz CT molecular complexity index is 597. The van der Waals surface area contributed by atoms with Gasteiger partial charge in [-0.15, -0.1) is 0 Å². The van der Waals surface area contributed by atoms with Crippen molar-refractivity contribution >= 4 is 0 Å². The average Bonchev–Trinajstić information content (AvgIpc) is 2.86. The zero-order valence-electron chi connectivity index (χ0n) is 11.5. The first-order chi connectivity index (χ1) is 9.29. The third kappa shape index (κ3) is 3.01. The molecule has 0 saturated carbocycles. The summed E-state index contributed by atoms with van der Waals surface area (Å²) in [6.45, 7) is 2.48. The molecule has 0 spiro atoms. The minimum atomic E-state index is -4.43. The molecule has 110 valence electrons. The number of alkyl halides is 3. The van der Waals surface area contributed by atoms with E-state index in [2.05, 4.69) is 15.5 Å². The van der Waals surface area contributed by atoms with E-state index >= 15 is 0 Å². The molecule has 2 aromatic rings. The van der Waals surface area contributed by atoms with Crippen LogP contribution in [0.3, 0.4) is 0 Å². The second-order valence-electron chi connectivity index (χ2n) is 4.66. The van der Waals surface area contributed by atoms with Crippen molar-refractivity contribution in [2.75, 3.05) is 0 Å². The van der Waals surface area contributed by atoms with Crippen LogP contribution < -0.4 is 5.32 Å². The first kappa shape index (κ1) is 14.6. The predicted octanol–water partition coefficient (Wildman–Crippen LogP) is 1.77. The molecule has 0 bridgehead atoms. The lowest BCUT2D eigenvalue weighted by Crippen LogP contribution is -2.17. The molecule has 5 nitrogen and oxygen atoms in total. The van der Waals surface area contributed by atoms with Gasteiger partial charge in [0.15, 0.2) is 5.69 Å². The summed E-state index contributed by atoms with van der Waals surface area (Å²) in [7, 11) is 3.30. The molecule has 0 aliphatic carbocycles. The van der Waals surface area contributed by atoms with Crippen molar-refractivity contribution in [3.63, 3.8) is 0 Å². The summed E-state index contributed by atoms with van der Waals surface area (Å²) in [4.78, 5) is 0. The van der Waals surface area contributed by atoms with Gasteiger partial charge in [-0.25, -0.2) is 0 Å². The molecule has 0 radical (unpaired) electrons. The Hall–Kier alpha value is -1.83. The number of nitrogens with one attached hydrogen (secondary N) is 1. The normalized spacial score (nSPS) is 12.1. The van der Waals surface area contributed by atoms with E-state index in [0.717, 1.165) is 11.3 Å². The molecule has 0 aliphatic heterocycles. The molecule has 0 fully saturated rings. The molecule has 0 saturated heterocycles. The van der Waals surface area contributed by atoms with E-state index < -0.39 is 11.9 Å². The molecule has 1 N–H and O–H groups in total. The van der Waals surface area contributed by atoms with Crippen LogP contribution >= 0.6 is 0 Å². The van der Waals surface area contributed by atoms with Crippen LogP contribution in [0.1, 0.15) is 22.5 Å². The Balaban J connectivity index is 2.03. The lowest BCUT2D eigenvalue weighted by molar-refractivity contribution is -0.142. The van der Waals surface area contributed by atoms with Crippen molar-refractivity contribution in [2.45, 2.75) is 26.2 Å². The van der Waals surface area contributed by atoms with Crippen LogP contribution in [-0.4, -0.2) is 19.6 Å². The van der Waals surface area contributed by atoms with Gasteiger partial charge in [0.25, 0.3) is 0 Å². The Morgan fingerprint density at radius 1 is 1.20 bits per heavy atom. The third-order valence-corrected chi connectivity index (χ3v) is 3.14. The highest BCUT2D eigenvalue weighted by atomic mass is 19.4. The molecule has 0 aliphatic rings.